The van der Waals surface area contributed by atoms with Crippen molar-refractivity contribution in [1.82, 2.24) is 16.0 Å². The highest BCUT2D eigenvalue weighted by atomic mass is 32.3. The molecule has 0 saturated heterocycles. The van der Waals surface area contributed by atoms with Crippen LogP contribution in [0.25, 0.3) is 64.6 Å². The molecule has 0 bridgehead atoms. The van der Waals surface area contributed by atoms with Crippen molar-refractivity contribution in [2.75, 3.05) is 39.3 Å². The zero-order valence-corrected chi connectivity index (χ0v) is 51.5. The van der Waals surface area contributed by atoms with Crippen molar-refractivity contribution in [3.8, 4) is 0 Å². The maximum atomic E-state index is 15.3. The van der Waals surface area contributed by atoms with E-state index in [9.17, 15) is 0 Å². The van der Waals surface area contributed by atoms with E-state index in [1.54, 1.807) is 146 Å². The molecular formula is C66H54N4O12S6. The third-order valence-corrected chi connectivity index (χ3v) is 28.5. The normalized spacial score (nSPS) is 13.1. The van der Waals surface area contributed by atoms with E-state index in [2.05, 4.69) is 0 Å². The minimum absolute atomic E-state index is 0.298. The molecule has 0 unspecified atom stereocenters. The van der Waals surface area contributed by atoms with Gasteiger partial charge >= 0.3 is 0 Å². The molecule has 0 amide bonds. The Morgan fingerprint density at radius 2 is 0.330 bits per heavy atom. The van der Waals surface area contributed by atoms with Gasteiger partial charge in [0.25, 0.3) is 60.1 Å². The van der Waals surface area contributed by atoms with E-state index in [-0.39, 0.29) is 0 Å². The summed E-state index contributed by atoms with van der Waals surface area (Å²) in [5.74, 6) is 0. The first-order valence-corrected chi connectivity index (χ1v) is 36.3. The van der Waals surface area contributed by atoms with Crippen molar-refractivity contribution in [3.05, 3.63) is 255 Å². The number of hydrogen-bond donors (Lipinski definition) is 0. The molecule has 0 saturated carbocycles. The van der Waals surface area contributed by atoms with Gasteiger partial charge in [0, 0.05) is 39.3 Å². The topological polar surface area (TPSA) is 218 Å². The van der Waals surface area contributed by atoms with Crippen LogP contribution >= 0.6 is 0 Å². The summed E-state index contributed by atoms with van der Waals surface area (Å²) >= 11 is 0. The standard InChI is InChI=1S/C66H54N4O12S6/c71-83(72,61-31-25-49-13-1-7-19-55(49)43-61)68(84(73,74)62-32-26-50-14-2-8-20-56(50)44-62)40-37-67(38-41-69(85(75,76)63-33-27-51-15-3-9-21-57(51)45-63)86(77,78)64-34-28-52-16-4-10-22-58(52)46-64)39-42-70(87(79,80)65-35-29-53-17-5-11-23-59(53)47-65)88(81,82)66-36-30-54-18-6-12-24-60(54)48-66/h1-36,43-48H,37-42H2. The fraction of sp³-hybridized carbons (Fsp3) is 0.0909. The number of nitrogens with zero attached hydrogens (tertiary/aromatic N) is 4. The lowest BCUT2D eigenvalue weighted by atomic mass is 10.1. The predicted octanol–water partition coefficient (Wildman–Crippen LogP) is 11.4. The number of rotatable bonds is 21. The molecule has 12 aromatic carbocycles. The predicted molar refractivity (Wildman–Crippen MR) is 343 cm³/mol. The van der Waals surface area contributed by atoms with Crippen molar-refractivity contribution in [3.63, 3.8) is 0 Å². The number of hydrogen-bond acceptors (Lipinski definition) is 13. The molecule has 88 heavy (non-hydrogen) atoms. The molecular weight excluding hydrogens is 1230 g/mol. The molecule has 446 valence electrons. The second-order valence-corrected chi connectivity index (χ2v) is 32.8. The van der Waals surface area contributed by atoms with E-state index in [4.69, 9.17) is 0 Å². The molecule has 0 radical (unpaired) electrons. The Kier molecular flexibility index (Phi) is 16.2. The first-order valence-electron chi connectivity index (χ1n) is 27.6. The van der Waals surface area contributed by atoms with Crippen molar-refractivity contribution >= 4 is 125 Å². The van der Waals surface area contributed by atoms with Gasteiger partial charge in [0.2, 0.25) is 0 Å². The molecule has 0 spiro atoms. The fourth-order valence-electron chi connectivity index (χ4n) is 10.8. The van der Waals surface area contributed by atoms with Crippen LogP contribution in [0, 0.1) is 0 Å². The van der Waals surface area contributed by atoms with Crippen molar-refractivity contribution in [2.45, 2.75) is 29.4 Å². The van der Waals surface area contributed by atoms with Gasteiger partial charge in [-0.05, 0) is 137 Å². The summed E-state index contributed by atoms with van der Waals surface area (Å²) < 4.78 is 185. The second-order valence-electron chi connectivity index (χ2n) is 20.9. The lowest BCUT2D eigenvalue weighted by molar-refractivity contribution is 0.254. The zero-order chi connectivity index (χ0) is 61.6. The Hall–Kier alpha value is -8.26. The largest absolute Gasteiger partial charge is 0.299 e. The summed E-state index contributed by atoms with van der Waals surface area (Å²) in [6.07, 6.45) is 0. The SMILES string of the molecule is O=S(=O)(c1ccc2ccccc2c1)N(CCN(CCN(S(=O)(=O)c1ccc2ccccc2c1)S(=O)(=O)c1ccc2ccccc2c1)CCN(S(=O)(=O)c1ccc2ccccc2c1)S(=O)(=O)c1ccc2ccccc2c1)S(=O)(=O)c1ccc2ccccc2c1. The molecule has 0 N–H and O–H groups in total. The van der Waals surface area contributed by atoms with Gasteiger partial charge in [0.15, 0.2) is 0 Å². The first kappa shape index (κ1) is 60.0. The lowest BCUT2D eigenvalue weighted by Crippen LogP contribution is -2.48. The maximum absolute atomic E-state index is 15.3. The van der Waals surface area contributed by atoms with E-state index in [0.29, 0.717) is 75.8 Å². The zero-order valence-electron chi connectivity index (χ0n) is 46.6. The highest BCUT2D eigenvalue weighted by Crippen LogP contribution is 2.34. The van der Waals surface area contributed by atoms with Crippen LogP contribution in [-0.2, 0) is 60.1 Å². The molecule has 0 aliphatic heterocycles. The van der Waals surface area contributed by atoms with Gasteiger partial charge in [-0.1, -0.05) is 193 Å². The molecule has 16 nitrogen and oxygen atoms in total. The molecule has 12 rings (SSSR count). The summed E-state index contributed by atoms with van der Waals surface area (Å²) in [5, 5.41) is 6.72. The van der Waals surface area contributed by atoms with Gasteiger partial charge in [-0.2, -0.15) is 0 Å². The molecule has 0 heterocycles. The number of sulfonamides is 6. The molecule has 22 heteroatoms. The van der Waals surface area contributed by atoms with Crippen molar-refractivity contribution in [2.24, 2.45) is 0 Å². The van der Waals surface area contributed by atoms with Gasteiger partial charge in [-0.15, -0.1) is 0 Å². The van der Waals surface area contributed by atoms with Crippen LogP contribution in [0.3, 0.4) is 0 Å². The first-order chi connectivity index (χ1) is 42.1. The molecule has 0 aliphatic rings. The maximum Gasteiger partial charge on any atom is 0.256 e. The monoisotopic (exact) mass is 1290 g/mol. The van der Waals surface area contributed by atoms with Crippen LogP contribution < -0.4 is 0 Å². The molecule has 0 aliphatic carbocycles. The van der Waals surface area contributed by atoms with E-state index in [1.807, 2.05) is 0 Å². The van der Waals surface area contributed by atoms with E-state index in [0.717, 1.165) is 0 Å². The van der Waals surface area contributed by atoms with Crippen LogP contribution in [0.15, 0.2) is 284 Å². The summed E-state index contributed by atoms with van der Waals surface area (Å²) in [7, 11) is -30.6. The van der Waals surface area contributed by atoms with Gasteiger partial charge in [-0.25, -0.2) is 50.5 Å². The van der Waals surface area contributed by atoms with Gasteiger partial charge in [-0.3, -0.25) is 4.90 Å². The Morgan fingerprint density at radius 1 is 0.182 bits per heavy atom. The summed E-state index contributed by atoms with van der Waals surface area (Å²) in [6.45, 7) is -4.94. The number of fused-ring (bicyclic) bond motifs is 6. The van der Waals surface area contributed by atoms with Crippen LogP contribution in [0.1, 0.15) is 0 Å². The van der Waals surface area contributed by atoms with Crippen LogP contribution in [-0.4, -0.2) is 106 Å². The average molecular weight is 1290 g/mol. The van der Waals surface area contributed by atoms with Crippen molar-refractivity contribution in [1.29, 1.82) is 0 Å². The van der Waals surface area contributed by atoms with Gasteiger partial charge < -0.3 is 0 Å². The van der Waals surface area contributed by atoms with E-state index < -0.39 is 129 Å². The minimum atomic E-state index is -5.10. The molecule has 0 fully saturated rings. The lowest BCUT2D eigenvalue weighted by Gasteiger charge is -2.31. The van der Waals surface area contributed by atoms with E-state index >= 15 is 50.5 Å². The average Bonchev–Trinajstić information content (AvgIpc) is 0.898. The van der Waals surface area contributed by atoms with E-state index in [1.165, 1.54) is 114 Å². The Labute approximate surface area is 511 Å². The van der Waals surface area contributed by atoms with Gasteiger partial charge in [0.05, 0.1) is 29.4 Å². The summed E-state index contributed by atoms with van der Waals surface area (Å²) in [5.41, 5.74) is 0. The van der Waals surface area contributed by atoms with Crippen LogP contribution in [0.2, 0.25) is 0 Å². The minimum Gasteiger partial charge on any atom is -0.299 e. The summed E-state index contributed by atoms with van der Waals surface area (Å²) in [4.78, 5) is -1.22. The van der Waals surface area contributed by atoms with Gasteiger partial charge in [0.1, 0.15) is 0 Å². The smallest absolute Gasteiger partial charge is 0.256 e. The quantitative estimate of drug-likeness (QED) is 0.0655. The Balaban J connectivity index is 0.998. The highest BCUT2D eigenvalue weighted by molar-refractivity contribution is 8.05. The second kappa shape index (κ2) is 23.7. The summed E-state index contributed by atoms with van der Waals surface area (Å²) in [6, 6.07) is 65.8. The molecule has 0 atom stereocenters. The fourth-order valence-corrected chi connectivity index (χ4v) is 21.9. The molecule has 12 aromatic rings. The number of benzene rings is 12. The Morgan fingerprint density at radius 3 is 0.489 bits per heavy atom. The van der Waals surface area contributed by atoms with Crippen molar-refractivity contribution < 1.29 is 50.5 Å². The third kappa shape index (κ3) is 11.6. The Bertz CT molecular complexity index is 4600. The van der Waals surface area contributed by atoms with Crippen LogP contribution in [0.4, 0.5) is 0 Å². The molecule has 0 aromatic heterocycles. The van der Waals surface area contributed by atoms with Crippen LogP contribution in [0.5, 0.6) is 0 Å². The third-order valence-electron chi connectivity index (χ3n) is 15.5. The highest BCUT2D eigenvalue weighted by Gasteiger charge is 2.41.